The van der Waals surface area contributed by atoms with Crippen molar-refractivity contribution in [2.45, 2.75) is 25.9 Å². The summed E-state index contributed by atoms with van der Waals surface area (Å²) in [4.78, 5) is 11.2. The fourth-order valence-corrected chi connectivity index (χ4v) is 1.22. The second-order valence-electron chi connectivity index (χ2n) is 3.37. The van der Waals surface area contributed by atoms with Gasteiger partial charge in [-0.05, 0) is 12.0 Å². The summed E-state index contributed by atoms with van der Waals surface area (Å²) in [7, 11) is 0. The highest BCUT2D eigenvalue weighted by atomic mass is 16.5. The number of rotatable bonds is 5. The van der Waals surface area contributed by atoms with Crippen LogP contribution in [-0.2, 0) is 16.0 Å². The van der Waals surface area contributed by atoms with Crippen LogP contribution in [0.25, 0.3) is 0 Å². The zero-order valence-electron chi connectivity index (χ0n) is 8.85. The van der Waals surface area contributed by atoms with Gasteiger partial charge in [-0.25, -0.2) is 4.79 Å². The van der Waals surface area contributed by atoms with Crippen LogP contribution in [0.15, 0.2) is 30.3 Å². The van der Waals surface area contributed by atoms with Gasteiger partial charge in [0.25, 0.3) is 0 Å². The molecule has 0 aliphatic heterocycles. The average molecular weight is 208 g/mol. The summed E-state index contributed by atoms with van der Waals surface area (Å²) in [5.41, 5.74) is 0.929. The Bertz CT molecular complexity index is 295. The normalized spacial score (nSPS) is 12.1. The Morgan fingerprint density at radius 2 is 2.07 bits per heavy atom. The van der Waals surface area contributed by atoms with Gasteiger partial charge in [-0.3, -0.25) is 0 Å². The fraction of sp³-hybridized carbons (Fsp3) is 0.417. The van der Waals surface area contributed by atoms with Crippen LogP contribution in [0.1, 0.15) is 18.9 Å². The molecule has 3 nitrogen and oxygen atoms in total. The van der Waals surface area contributed by atoms with Gasteiger partial charge in [-0.15, -0.1) is 0 Å². The number of aliphatic hydroxyl groups excluding tert-OH is 1. The molecule has 0 aliphatic rings. The molecule has 0 amide bonds. The van der Waals surface area contributed by atoms with Crippen LogP contribution in [0.2, 0.25) is 0 Å². The number of hydrogen-bond donors (Lipinski definition) is 1. The third-order valence-electron chi connectivity index (χ3n) is 1.99. The second kappa shape index (κ2) is 6.19. The zero-order valence-corrected chi connectivity index (χ0v) is 8.85. The first-order chi connectivity index (χ1) is 7.24. The van der Waals surface area contributed by atoms with E-state index in [1.165, 1.54) is 0 Å². The molecule has 1 aromatic carbocycles. The molecule has 3 heteroatoms. The molecule has 0 saturated heterocycles. The SMILES string of the molecule is CCCOC(=O)[C@H](O)Cc1ccccc1. The molecule has 0 saturated carbocycles. The summed E-state index contributed by atoms with van der Waals surface area (Å²) >= 11 is 0. The minimum atomic E-state index is -1.06. The lowest BCUT2D eigenvalue weighted by Gasteiger charge is -2.09. The van der Waals surface area contributed by atoms with E-state index < -0.39 is 12.1 Å². The number of aliphatic hydroxyl groups is 1. The van der Waals surface area contributed by atoms with E-state index >= 15 is 0 Å². The monoisotopic (exact) mass is 208 g/mol. The van der Waals surface area contributed by atoms with Gasteiger partial charge in [-0.1, -0.05) is 37.3 Å². The molecule has 0 heterocycles. The second-order valence-corrected chi connectivity index (χ2v) is 3.37. The zero-order chi connectivity index (χ0) is 11.1. The molecule has 1 atom stereocenters. The first-order valence-electron chi connectivity index (χ1n) is 5.12. The Hall–Kier alpha value is -1.35. The minimum absolute atomic E-state index is 0.309. The summed E-state index contributed by atoms with van der Waals surface area (Å²) in [6.07, 6.45) is 0.0200. The highest BCUT2D eigenvalue weighted by Crippen LogP contribution is 2.04. The molecule has 0 unspecified atom stereocenters. The van der Waals surface area contributed by atoms with Gasteiger partial charge in [0, 0.05) is 6.42 Å². The largest absolute Gasteiger partial charge is 0.464 e. The number of carbonyl (C=O) groups is 1. The Balaban J connectivity index is 2.41. The molecule has 1 rings (SSSR count). The number of carbonyl (C=O) groups excluding carboxylic acids is 1. The molecule has 0 aliphatic carbocycles. The van der Waals surface area contributed by atoms with Crippen LogP contribution in [0.5, 0.6) is 0 Å². The van der Waals surface area contributed by atoms with Crippen LogP contribution >= 0.6 is 0 Å². The maximum atomic E-state index is 11.2. The van der Waals surface area contributed by atoms with E-state index in [0.29, 0.717) is 13.0 Å². The molecule has 1 aromatic rings. The first kappa shape index (κ1) is 11.7. The summed E-state index contributed by atoms with van der Waals surface area (Å²) in [5.74, 6) is -0.541. The molecule has 82 valence electrons. The first-order valence-corrected chi connectivity index (χ1v) is 5.12. The summed E-state index contributed by atoms with van der Waals surface area (Å²) < 4.78 is 4.84. The molecule has 1 N–H and O–H groups in total. The maximum Gasteiger partial charge on any atom is 0.335 e. The van der Waals surface area contributed by atoms with Crippen LogP contribution in [-0.4, -0.2) is 23.8 Å². The van der Waals surface area contributed by atoms with Crippen molar-refractivity contribution in [2.75, 3.05) is 6.61 Å². The molecule has 0 fully saturated rings. The molecule has 0 radical (unpaired) electrons. The van der Waals surface area contributed by atoms with Crippen molar-refractivity contribution in [1.82, 2.24) is 0 Å². The lowest BCUT2D eigenvalue weighted by Crippen LogP contribution is -2.25. The van der Waals surface area contributed by atoms with Gasteiger partial charge >= 0.3 is 5.97 Å². The van der Waals surface area contributed by atoms with Gasteiger partial charge in [0.2, 0.25) is 0 Å². The van der Waals surface area contributed by atoms with E-state index in [9.17, 15) is 9.90 Å². The highest BCUT2D eigenvalue weighted by molar-refractivity contribution is 5.74. The minimum Gasteiger partial charge on any atom is -0.464 e. The van der Waals surface area contributed by atoms with Gasteiger partial charge in [0.15, 0.2) is 6.10 Å². The van der Waals surface area contributed by atoms with E-state index in [-0.39, 0.29) is 0 Å². The van der Waals surface area contributed by atoms with Crippen molar-refractivity contribution in [3.63, 3.8) is 0 Å². The van der Waals surface area contributed by atoms with Crippen molar-refractivity contribution >= 4 is 5.97 Å². The van der Waals surface area contributed by atoms with Crippen molar-refractivity contribution < 1.29 is 14.6 Å². The highest BCUT2D eigenvalue weighted by Gasteiger charge is 2.16. The Labute approximate surface area is 89.7 Å². The third-order valence-corrected chi connectivity index (χ3v) is 1.99. The van der Waals surface area contributed by atoms with E-state index in [1.54, 1.807) is 0 Å². The van der Waals surface area contributed by atoms with Crippen molar-refractivity contribution in [3.8, 4) is 0 Å². The summed E-state index contributed by atoms with van der Waals surface area (Å²) in [6.45, 7) is 2.28. The quantitative estimate of drug-likeness (QED) is 0.747. The van der Waals surface area contributed by atoms with Crippen molar-refractivity contribution in [3.05, 3.63) is 35.9 Å². The Kier molecular flexibility index (Phi) is 4.84. The van der Waals surface area contributed by atoms with Gasteiger partial charge in [-0.2, -0.15) is 0 Å². The van der Waals surface area contributed by atoms with E-state index in [0.717, 1.165) is 12.0 Å². The van der Waals surface area contributed by atoms with Crippen molar-refractivity contribution in [1.29, 1.82) is 0 Å². The Morgan fingerprint density at radius 3 is 2.67 bits per heavy atom. The van der Waals surface area contributed by atoms with Crippen LogP contribution in [0.4, 0.5) is 0 Å². The average Bonchev–Trinajstić information content (AvgIpc) is 2.27. The number of benzene rings is 1. The number of hydrogen-bond acceptors (Lipinski definition) is 3. The molecule has 0 aromatic heterocycles. The van der Waals surface area contributed by atoms with E-state index in [4.69, 9.17) is 4.74 Å². The van der Waals surface area contributed by atoms with Crippen LogP contribution in [0.3, 0.4) is 0 Å². The van der Waals surface area contributed by atoms with Crippen LogP contribution in [0, 0.1) is 0 Å². The van der Waals surface area contributed by atoms with Crippen LogP contribution < -0.4 is 0 Å². The van der Waals surface area contributed by atoms with E-state index in [1.807, 2.05) is 37.3 Å². The molecular weight excluding hydrogens is 192 g/mol. The maximum absolute atomic E-state index is 11.2. The van der Waals surface area contributed by atoms with Gasteiger partial charge in [0.05, 0.1) is 6.61 Å². The number of esters is 1. The molecule has 0 bridgehead atoms. The standard InChI is InChI=1S/C12H16O3/c1-2-8-15-12(14)11(13)9-10-6-4-3-5-7-10/h3-7,11,13H,2,8-9H2,1H3/t11-/m1/s1. The van der Waals surface area contributed by atoms with Crippen molar-refractivity contribution in [2.24, 2.45) is 0 Å². The fourth-order valence-electron chi connectivity index (χ4n) is 1.22. The predicted octanol–water partition coefficient (Wildman–Crippen LogP) is 1.54. The third kappa shape index (κ3) is 4.13. The van der Waals surface area contributed by atoms with Gasteiger partial charge in [0.1, 0.15) is 0 Å². The predicted molar refractivity (Wildman–Crippen MR) is 57.4 cm³/mol. The lowest BCUT2D eigenvalue weighted by molar-refractivity contribution is -0.153. The molecule has 0 spiro atoms. The Morgan fingerprint density at radius 1 is 1.40 bits per heavy atom. The molecule has 15 heavy (non-hydrogen) atoms. The topological polar surface area (TPSA) is 46.5 Å². The smallest absolute Gasteiger partial charge is 0.335 e. The molecular formula is C12H16O3. The summed E-state index contributed by atoms with van der Waals surface area (Å²) in [5, 5.41) is 9.52. The number of ether oxygens (including phenoxy) is 1. The summed E-state index contributed by atoms with van der Waals surface area (Å²) in [6, 6.07) is 9.39. The lowest BCUT2D eigenvalue weighted by atomic mass is 10.1. The van der Waals surface area contributed by atoms with Gasteiger partial charge < -0.3 is 9.84 Å². The van der Waals surface area contributed by atoms with E-state index in [2.05, 4.69) is 0 Å².